The predicted molar refractivity (Wildman–Crippen MR) is 199 cm³/mol. The Bertz CT molecular complexity index is 2360. The molecule has 0 saturated carbocycles. The van der Waals surface area contributed by atoms with E-state index in [9.17, 15) is 10.1 Å². The Morgan fingerprint density at radius 2 is 1.87 bits per heavy atom. The molecule has 5 heterocycles. The van der Waals surface area contributed by atoms with Gasteiger partial charge < -0.3 is 34.9 Å². The van der Waals surface area contributed by atoms with Gasteiger partial charge in [-0.15, -0.1) is 0 Å². The number of aromatic nitrogens is 6. The molecule has 6 aromatic rings. The summed E-state index contributed by atoms with van der Waals surface area (Å²) in [6.07, 6.45) is 5.26. The largest absolute Gasteiger partial charge is 0.454 e. The minimum atomic E-state index is -0.436. The Balaban J connectivity index is 0.961. The molecule has 8 rings (SSSR count). The number of aryl methyl sites for hydroxylation is 1. The molecule has 0 unspecified atom stereocenters. The predicted octanol–water partition coefficient (Wildman–Crippen LogP) is 4.70. The lowest BCUT2D eigenvalue weighted by atomic mass is 10.0. The zero-order chi connectivity index (χ0) is 35.6. The molecule has 2 aliphatic heterocycles. The minimum Gasteiger partial charge on any atom is -0.454 e. The molecule has 2 aliphatic rings. The zero-order valence-corrected chi connectivity index (χ0v) is 29.2. The molecule has 262 valence electrons. The molecule has 15 heteroatoms. The van der Waals surface area contributed by atoms with Crippen LogP contribution in [-0.4, -0.2) is 87.1 Å². The number of fused-ring (bicyclic) bond motifs is 3. The Morgan fingerprint density at radius 1 is 1.06 bits per heavy atom. The van der Waals surface area contributed by atoms with Crippen molar-refractivity contribution in [2.24, 2.45) is 0 Å². The quantitative estimate of drug-likeness (QED) is 0.102. The van der Waals surface area contributed by atoms with E-state index in [4.69, 9.17) is 20.2 Å². The summed E-state index contributed by atoms with van der Waals surface area (Å²) in [5.41, 5.74) is 11.0. The van der Waals surface area contributed by atoms with E-state index < -0.39 is 5.91 Å². The van der Waals surface area contributed by atoms with Gasteiger partial charge in [-0.05, 0) is 72.3 Å². The van der Waals surface area contributed by atoms with Gasteiger partial charge >= 0.3 is 0 Å². The van der Waals surface area contributed by atoms with E-state index in [2.05, 4.69) is 66.6 Å². The number of H-pyrrole nitrogens is 1. The van der Waals surface area contributed by atoms with Crippen LogP contribution in [-0.2, 0) is 11.3 Å². The molecule has 52 heavy (non-hydrogen) atoms. The summed E-state index contributed by atoms with van der Waals surface area (Å²) >= 11 is 1.42. The SMILES string of the molecule is CN1CCN(c2ccc3cc(C=C(C#N)C(=O)NCCCn4c(Sc5cc6c(cc5-c5ccn[nH]5)OCO6)nc5c(N)ncnc54)ccc3c2)CC1. The average Bonchev–Trinajstić information content (AvgIpc) is 3.93. The normalized spacial score (nSPS) is 14.6. The first kappa shape index (κ1) is 33.1. The first-order chi connectivity index (χ1) is 25.4. The van der Waals surface area contributed by atoms with Crippen molar-refractivity contribution in [2.75, 3.05) is 57.2 Å². The van der Waals surface area contributed by atoms with Gasteiger partial charge in [-0.25, -0.2) is 15.0 Å². The molecule has 1 amide bonds. The van der Waals surface area contributed by atoms with Crippen LogP contribution in [0.15, 0.2) is 82.7 Å². The molecule has 3 aromatic heterocycles. The number of anilines is 2. The Kier molecular flexibility index (Phi) is 9.06. The fourth-order valence-electron chi connectivity index (χ4n) is 6.39. The zero-order valence-electron chi connectivity index (χ0n) is 28.4. The van der Waals surface area contributed by atoms with Gasteiger partial charge in [0.2, 0.25) is 6.79 Å². The first-order valence-electron chi connectivity index (χ1n) is 16.9. The molecule has 3 aromatic carbocycles. The molecular formula is C37H35N11O3S. The fourth-order valence-corrected chi connectivity index (χ4v) is 7.45. The highest BCUT2D eigenvalue weighted by molar-refractivity contribution is 7.99. The smallest absolute Gasteiger partial charge is 0.261 e. The summed E-state index contributed by atoms with van der Waals surface area (Å²) < 4.78 is 13.3. The maximum atomic E-state index is 13.2. The second-order valence-corrected chi connectivity index (χ2v) is 13.6. The molecule has 1 saturated heterocycles. The number of amides is 1. The molecule has 14 nitrogen and oxygen atoms in total. The highest BCUT2D eigenvalue weighted by Crippen LogP contribution is 2.44. The Labute approximate surface area is 303 Å². The number of carbonyl (C=O) groups is 1. The molecule has 0 radical (unpaired) electrons. The van der Waals surface area contributed by atoms with Crippen LogP contribution in [0.25, 0.3) is 39.3 Å². The lowest BCUT2D eigenvalue weighted by Gasteiger charge is -2.34. The van der Waals surface area contributed by atoms with E-state index in [-0.39, 0.29) is 18.2 Å². The third-order valence-corrected chi connectivity index (χ3v) is 10.3. The van der Waals surface area contributed by atoms with Crippen molar-refractivity contribution in [2.45, 2.75) is 23.0 Å². The number of imidazole rings is 1. The maximum absolute atomic E-state index is 13.2. The van der Waals surface area contributed by atoms with Gasteiger partial charge in [0, 0.05) is 61.6 Å². The number of hydrogen-bond donors (Lipinski definition) is 3. The van der Waals surface area contributed by atoms with Gasteiger partial charge in [0.05, 0.1) is 5.69 Å². The molecule has 0 spiro atoms. The summed E-state index contributed by atoms with van der Waals surface area (Å²) in [6.45, 7) is 5.01. The van der Waals surface area contributed by atoms with Crippen LogP contribution in [0.1, 0.15) is 12.0 Å². The molecule has 4 N–H and O–H groups in total. The number of piperazine rings is 1. The second kappa shape index (κ2) is 14.3. The van der Waals surface area contributed by atoms with Crippen LogP contribution >= 0.6 is 11.8 Å². The monoisotopic (exact) mass is 713 g/mol. The number of hydrogen-bond acceptors (Lipinski definition) is 12. The van der Waals surface area contributed by atoms with Crippen LogP contribution in [0.2, 0.25) is 0 Å². The first-order valence-corrected chi connectivity index (χ1v) is 17.7. The van der Waals surface area contributed by atoms with Gasteiger partial charge in [-0.3, -0.25) is 9.89 Å². The molecule has 0 bridgehead atoms. The van der Waals surface area contributed by atoms with E-state index in [1.54, 1.807) is 12.3 Å². The topological polar surface area (TPSA) is 176 Å². The summed E-state index contributed by atoms with van der Waals surface area (Å²) in [5.74, 6) is 1.12. The third-order valence-electron chi connectivity index (χ3n) is 9.23. The minimum absolute atomic E-state index is 0.0346. The van der Waals surface area contributed by atoms with Crippen molar-refractivity contribution in [3.8, 4) is 28.8 Å². The van der Waals surface area contributed by atoms with E-state index in [1.165, 1.54) is 23.8 Å². The lowest BCUT2D eigenvalue weighted by molar-refractivity contribution is -0.117. The number of nitrogens with zero attached hydrogens (tertiary/aromatic N) is 8. The number of aromatic amines is 1. The van der Waals surface area contributed by atoms with E-state index in [0.717, 1.165) is 58.7 Å². The van der Waals surface area contributed by atoms with Crippen molar-refractivity contribution in [1.29, 1.82) is 5.26 Å². The summed E-state index contributed by atoms with van der Waals surface area (Å²) in [7, 11) is 2.15. The molecule has 0 atom stereocenters. The fraction of sp³-hybridized carbons (Fsp3) is 0.243. The van der Waals surface area contributed by atoms with E-state index >= 15 is 0 Å². The molecule has 0 aliphatic carbocycles. The van der Waals surface area contributed by atoms with Gasteiger partial charge in [-0.1, -0.05) is 30.0 Å². The van der Waals surface area contributed by atoms with Crippen LogP contribution in [0.5, 0.6) is 11.5 Å². The van der Waals surface area contributed by atoms with Gasteiger partial charge in [0.1, 0.15) is 18.0 Å². The van der Waals surface area contributed by atoms with Crippen LogP contribution < -0.4 is 25.4 Å². The average molecular weight is 714 g/mol. The highest BCUT2D eigenvalue weighted by atomic mass is 32.2. The van der Waals surface area contributed by atoms with Crippen molar-refractivity contribution in [1.82, 2.24) is 39.9 Å². The van der Waals surface area contributed by atoms with Crippen molar-refractivity contribution in [3.05, 3.63) is 78.3 Å². The number of ether oxygens (including phenoxy) is 2. The van der Waals surface area contributed by atoms with Crippen molar-refractivity contribution < 1.29 is 14.3 Å². The van der Waals surface area contributed by atoms with E-state index in [0.29, 0.717) is 47.3 Å². The van der Waals surface area contributed by atoms with Crippen LogP contribution in [0, 0.1) is 11.3 Å². The van der Waals surface area contributed by atoms with Crippen molar-refractivity contribution in [3.63, 3.8) is 0 Å². The van der Waals surface area contributed by atoms with Crippen LogP contribution in [0.4, 0.5) is 11.5 Å². The number of nitriles is 1. The maximum Gasteiger partial charge on any atom is 0.261 e. The molecular weight excluding hydrogens is 679 g/mol. The standard InChI is InChI=1S/C37H35N11O3S/c1-46-11-13-47(14-12-46)27-6-5-24-15-23(3-4-25(24)17-27)16-26(20-38)36(49)40-8-2-10-48-35-33(34(39)41-21-42-35)44-37(48)52-32-19-31-30(50-22-51-31)18-28(32)29-7-9-43-45-29/h3-7,9,15-19,21H,2,8,10-14,22H2,1H3,(H,40,49)(H,43,45)(H2,39,41,42). The van der Waals surface area contributed by atoms with Crippen molar-refractivity contribution >= 4 is 57.2 Å². The van der Waals surface area contributed by atoms with Crippen LogP contribution in [0.3, 0.4) is 0 Å². The summed E-state index contributed by atoms with van der Waals surface area (Å²) in [5, 5.41) is 22.7. The van der Waals surface area contributed by atoms with Gasteiger partial charge in [0.25, 0.3) is 5.91 Å². The summed E-state index contributed by atoms with van der Waals surface area (Å²) in [6, 6.07) is 20.2. The number of nitrogens with one attached hydrogen (secondary N) is 2. The third kappa shape index (κ3) is 6.69. The highest BCUT2D eigenvalue weighted by Gasteiger charge is 2.23. The van der Waals surface area contributed by atoms with Gasteiger partial charge in [-0.2, -0.15) is 10.4 Å². The van der Waals surface area contributed by atoms with Gasteiger partial charge in [0.15, 0.2) is 33.6 Å². The summed E-state index contributed by atoms with van der Waals surface area (Å²) in [4.78, 5) is 32.2. The number of carbonyl (C=O) groups excluding carboxylic acids is 1. The number of rotatable bonds is 10. The van der Waals surface area contributed by atoms with E-state index in [1.807, 2.05) is 41.0 Å². The molecule has 1 fully saturated rings. The Morgan fingerprint density at radius 3 is 2.67 bits per heavy atom. The number of benzene rings is 3. The lowest BCUT2D eigenvalue weighted by Crippen LogP contribution is -2.44. The number of nitrogens with two attached hydrogens (primary N) is 1. The number of likely N-dealkylation sites (N-methyl/N-ethyl adjacent to an activating group) is 1. The number of nitrogen functional groups attached to an aromatic ring is 1. The Hall–Kier alpha value is -6.11. The second-order valence-electron chi connectivity index (χ2n) is 12.6.